The van der Waals surface area contributed by atoms with E-state index in [0.29, 0.717) is 23.0 Å². The summed E-state index contributed by atoms with van der Waals surface area (Å²) in [7, 11) is 0. The largest absolute Gasteiger partial charge is 0.352 e. The summed E-state index contributed by atoms with van der Waals surface area (Å²) in [6.45, 7) is 3.71. The van der Waals surface area contributed by atoms with Crippen LogP contribution >= 0.6 is 15.9 Å². The standard InChI is InChI=1S/C11H17BrN4O/c1-7-2-3-8(4-13)5-16(7)10-9(12)11(17)15-6-14-10/h6-8H,2-5,13H2,1H3,(H,14,15,17). The van der Waals surface area contributed by atoms with Crippen LogP contribution in [0.1, 0.15) is 19.8 Å². The van der Waals surface area contributed by atoms with Crippen molar-refractivity contribution >= 4 is 21.7 Å². The molecule has 3 N–H and O–H groups in total. The van der Waals surface area contributed by atoms with E-state index in [2.05, 4.69) is 37.7 Å². The normalized spacial score (nSPS) is 25.0. The van der Waals surface area contributed by atoms with Gasteiger partial charge in [0.2, 0.25) is 0 Å². The van der Waals surface area contributed by atoms with Crippen LogP contribution in [-0.2, 0) is 0 Å². The third kappa shape index (κ3) is 2.52. The highest BCUT2D eigenvalue weighted by Crippen LogP contribution is 2.28. The van der Waals surface area contributed by atoms with Gasteiger partial charge in [-0.15, -0.1) is 0 Å². The number of aromatic nitrogens is 2. The molecule has 2 atom stereocenters. The summed E-state index contributed by atoms with van der Waals surface area (Å²) in [5, 5.41) is 0. The third-order valence-electron chi connectivity index (χ3n) is 3.36. The molecule has 1 saturated heterocycles. The van der Waals surface area contributed by atoms with Crippen LogP contribution in [0.3, 0.4) is 0 Å². The maximum absolute atomic E-state index is 11.5. The van der Waals surface area contributed by atoms with Crippen molar-refractivity contribution in [1.82, 2.24) is 9.97 Å². The zero-order valence-electron chi connectivity index (χ0n) is 9.82. The molecule has 0 aliphatic carbocycles. The molecule has 5 nitrogen and oxygen atoms in total. The number of halogens is 1. The van der Waals surface area contributed by atoms with Crippen molar-refractivity contribution in [2.75, 3.05) is 18.0 Å². The molecule has 1 aliphatic heterocycles. The lowest BCUT2D eigenvalue weighted by atomic mass is 9.93. The van der Waals surface area contributed by atoms with Crippen molar-refractivity contribution in [1.29, 1.82) is 0 Å². The van der Waals surface area contributed by atoms with E-state index in [4.69, 9.17) is 5.73 Å². The van der Waals surface area contributed by atoms with Gasteiger partial charge in [0, 0.05) is 12.6 Å². The molecular weight excluding hydrogens is 284 g/mol. The van der Waals surface area contributed by atoms with Gasteiger partial charge in [-0.2, -0.15) is 0 Å². The van der Waals surface area contributed by atoms with E-state index in [0.717, 1.165) is 25.2 Å². The second kappa shape index (κ2) is 5.18. The van der Waals surface area contributed by atoms with Gasteiger partial charge in [-0.1, -0.05) is 0 Å². The van der Waals surface area contributed by atoms with Gasteiger partial charge in [0.05, 0.1) is 6.33 Å². The molecule has 94 valence electrons. The Morgan fingerprint density at radius 2 is 2.41 bits per heavy atom. The topological polar surface area (TPSA) is 75.0 Å². The van der Waals surface area contributed by atoms with E-state index >= 15 is 0 Å². The maximum atomic E-state index is 11.5. The van der Waals surface area contributed by atoms with Crippen LogP contribution in [0.5, 0.6) is 0 Å². The van der Waals surface area contributed by atoms with Crippen LogP contribution in [0.15, 0.2) is 15.6 Å². The maximum Gasteiger partial charge on any atom is 0.267 e. The van der Waals surface area contributed by atoms with Gasteiger partial charge in [0.1, 0.15) is 4.47 Å². The molecule has 2 rings (SSSR count). The number of H-pyrrole nitrogens is 1. The number of rotatable bonds is 2. The van der Waals surface area contributed by atoms with Crippen LogP contribution < -0.4 is 16.2 Å². The summed E-state index contributed by atoms with van der Waals surface area (Å²) >= 11 is 3.31. The molecule has 0 amide bonds. The van der Waals surface area contributed by atoms with Crippen molar-refractivity contribution in [3.63, 3.8) is 0 Å². The monoisotopic (exact) mass is 300 g/mol. The van der Waals surface area contributed by atoms with Crippen LogP contribution in [0.25, 0.3) is 0 Å². The lowest BCUT2D eigenvalue weighted by Crippen LogP contribution is -2.45. The van der Waals surface area contributed by atoms with Crippen molar-refractivity contribution in [2.45, 2.75) is 25.8 Å². The zero-order valence-corrected chi connectivity index (χ0v) is 11.4. The van der Waals surface area contributed by atoms with Crippen LogP contribution in [-0.4, -0.2) is 29.1 Å². The number of piperidine rings is 1. The predicted octanol–water partition coefficient (Wildman–Crippen LogP) is 1.10. The second-order valence-corrected chi connectivity index (χ2v) is 5.34. The lowest BCUT2D eigenvalue weighted by Gasteiger charge is -2.38. The van der Waals surface area contributed by atoms with Gasteiger partial charge in [0.15, 0.2) is 5.82 Å². The van der Waals surface area contributed by atoms with Gasteiger partial charge < -0.3 is 15.6 Å². The zero-order chi connectivity index (χ0) is 12.4. The van der Waals surface area contributed by atoms with E-state index in [9.17, 15) is 4.79 Å². The first-order chi connectivity index (χ1) is 8.13. The lowest BCUT2D eigenvalue weighted by molar-refractivity contribution is 0.371. The average molecular weight is 301 g/mol. The summed E-state index contributed by atoms with van der Waals surface area (Å²) < 4.78 is 0.504. The van der Waals surface area contributed by atoms with Gasteiger partial charge in [-0.25, -0.2) is 4.98 Å². The van der Waals surface area contributed by atoms with Gasteiger partial charge >= 0.3 is 0 Å². The van der Waals surface area contributed by atoms with E-state index in [-0.39, 0.29) is 5.56 Å². The highest BCUT2D eigenvalue weighted by molar-refractivity contribution is 9.10. The summed E-state index contributed by atoms with van der Waals surface area (Å²) in [6.07, 6.45) is 3.68. The van der Waals surface area contributed by atoms with Gasteiger partial charge in [0.25, 0.3) is 5.56 Å². The molecule has 1 aliphatic rings. The number of anilines is 1. The fourth-order valence-corrected chi connectivity index (χ4v) is 2.69. The highest BCUT2D eigenvalue weighted by Gasteiger charge is 2.27. The first-order valence-electron chi connectivity index (χ1n) is 5.83. The number of hydrogen-bond acceptors (Lipinski definition) is 4. The molecule has 2 heterocycles. The molecular formula is C11H17BrN4O. The van der Waals surface area contributed by atoms with Gasteiger partial charge in [-0.05, 0) is 48.2 Å². The fourth-order valence-electron chi connectivity index (χ4n) is 2.24. The SMILES string of the molecule is CC1CCC(CN)CN1c1nc[nH]c(=O)c1Br. The number of nitrogens with one attached hydrogen (secondary N) is 1. The van der Waals surface area contributed by atoms with E-state index in [1.54, 1.807) is 0 Å². The molecule has 1 fully saturated rings. The minimum absolute atomic E-state index is 0.142. The molecule has 0 spiro atoms. The van der Waals surface area contributed by atoms with E-state index in [1.807, 2.05) is 0 Å². The Bertz CT molecular complexity index is 447. The molecule has 0 radical (unpaired) electrons. The molecule has 6 heteroatoms. The van der Waals surface area contributed by atoms with Crippen molar-refractivity contribution in [2.24, 2.45) is 11.7 Å². The summed E-state index contributed by atoms with van der Waals surface area (Å²) in [5.74, 6) is 1.21. The van der Waals surface area contributed by atoms with E-state index < -0.39 is 0 Å². The Labute approximate surface area is 109 Å². The quantitative estimate of drug-likeness (QED) is 0.857. The Morgan fingerprint density at radius 1 is 1.65 bits per heavy atom. The third-order valence-corrected chi connectivity index (χ3v) is 4.08. The minimum Gasteiger partial charge on any atom is -0.352 e. The Kier molecular flexibility index (Phi) is 3.83. The summed E-state index contributed by atoms with van der Waals surface area (Å²) in [5.41, 5.74) is 5.59. The molecule has 1 aromatic heterocycles. The molecule has 0 aromatic carbocycles. The van der Waals surface area contributed by atoms with Crippen molar-refractivity contribution in [3.05, 3.63) is 21.2 Å². The first-order valence-corrected chi connectivity index (χ1v) is 6.62. The Hall–Kier alpha value is -0.880. The molecule has 0 saturated carbocycles. The van der Waals surface area contributed by atoms with Crippen LogP contribution in [0, 0.1) is 5.92 Å². The number of nitrogens with two attached hydrogens (primary N) is 1. The van der Waals surface area contributed by atoms with Gasteiger partial charge in [-0.3, -0.25) is 4.79 Å². The second-order valence-electron chi connectivity index (χ2n) is 4.55. The molecule has 2 unspecified atom stereocenters. The van der Waals surface area contributed by atoms with E-state index in [1.165, 1.54) is 6.33 Å². The fraction of sp³-hybridized carbons (Fsp3) is 0.636. The van der Waals surface area contributed by atoms with Crippen molar-refractivity contribution in [3.8, 4) is 0 Å². The van der Waals surface area contributed by atoms with Crippen molar-refractivity contribution < 1.29 is 0 Å². The molecule has 0 bridgehead atoms. The number of aromatic amines is 1. The first kappa shape index (κ1) is 12.6. The summed E-state index contributed by atoms with van der Waals surface area (Å²) in [4.78, 5) is 20.5. The molecule has 1 aromatic rings. The minimum atomic E-state index is -0.142. The number of nitrogens with zero attached hydrogens (tertiary/aromatic N) is 2. The van der Waals surface area contributed by atoms with Crippen LogP contribution in [0.4, 0.5) is 5.82 Å². The Balaban J connectivity index is 2.31. The molecule has 17 heavy (non-hydrogen) atoms. The highest BCUT2D eigenvalue weighted by atomic mass is 79.9. The average Bonchev–Trinajstić information content (AvgIpc) is 2.34. The van der Waals surface area contributed by atoms with Crippen LogP contribution in [0.2, 0.25) is 0 Å². The number of hydrogen-bond donors (Lipinski definition) is 2. The Morgan fingerprint density at radius 3 is 3.12 bits per heavy atom. The predicted molar refractivity (Wildman–Crippen MR) is 71.1 cm³/mol. The summed E-state index contributed by atoms with van der Waals surface area (Å²) in [6, 6.07) is 0.392. The smallest absolute Gasteiger partial charge is 0.267 e.